The first-order valence-corrected chi connectivity index (χ1v) is 46.5. The Balaban J connectivity index is 0.000000266. The first-order valence-electron chi connectivity index (χ1n) is 36.7. The van der Waals surface area contributed by atoms with Gasteiger partial charge in [-0.15, -0.1) is 0 Å². The molecule has 5 atom stereocenters. The van der Waals surface area contributed by atoms with E-state index in [0.29, 0.717) is 52.3 Å². The number of aryl methyl sites for hydroxylation is 3. The fourth-order valence-electron chi connectivity index (χ4n) is 12.5. The predicted octanol–water partition coefficient (Wildman–Crippen LogP) is 16.2. The van der Waals surface area contributed by atoms with Gasteiger partial charge in [0.15, 0.2) is 6.10 Å². The number of aromatic amines is 1. The first-order chi connectivity index (χ1) is 58.9. The topological polar surface area (TPSA) is 424 Å². The first kappa shape index (κ1) is 108. The molecule has 3 aliphatic rings. The maximum atomic E-state index is 13.3. The molecule has 14 rings (SSSR count). The maximum Gasteiger partial charge on any atom is 0.523 e. The molecule has 5 unspecified atom stereocenters. The van der Waals surface area contributed by atoms with E-state index in [1.54, 1.807) is 81.4 Å². The monoisotopic (exact) mass is 2300 g/mol. The number of fused-ring (bicyclic) bond motifs is 3. The molecule has 3 fully saturated rings. The van der Waals surface area contributed by atoms with Gasteiger partial charge < -0.3 is 24.7 Å². The number of nitrogen functional groups attached to an aromatic ring is 1. The van der Waals surface area contributed by atoms with E-state index < -0.39 is 85.5 Å². The van der Waals surface area contributed by atoms with Crippen LogP contribution in [0.15, 0.2) is 199 Å². The molecule has 0 bridgehead atoms. The van der Waals surface area contributed by atoms with Crippen molar-refractivity contribution in [3.05, 3.63) is 264 Å². The van der Waals surface area contributed by atoms with Gasteiger partial charge in [0, 0.05) is 92.4 Å². The van der Waals surface area contributed by atoms with Gasteiger partial charge in [0.25, 0.3) is 17.5 Å². The van der Waals surface area contributed by atoms with Crippen LogP contribution < -0.4 is 37.6 Å². The molecule has 3 aliphatic heterocycles. The number of methoxy groups -OCH3 is 2. The second kappa shape index (κ2) is 49.5. The summed E-state index contributed by atoms with van der Waals surface area (Å²) < 4.78 is 115. The minimum Gasteiger partial charge on any atom is -0.497 e. The Morgan fingerprint density at radius 2 is 0.960 bits per heavy atom. The van der Waals surface area contributed by atoms with Gasteiger partial charge >= 0.3 is 38.4 Å². The minimum atomic E-state index is -5.93. The molecule has 11 aromatic rings. The molecule has 678 valence electrons. The number of likely N-dealkylation sites (tertiary alicyclic amines) is 2. The third kappa shape index (κ3) is 27.8. The molecule has 46 heteroatoms. The summed E-state index contributed by atoms with van der Waals surface area (Å²) in [7, 11) is 2.19. The summed E-state index contributed by atoms with van der Waals surface area (Å²) in [6.45, 7) is 3.94. The molecule has 6 heterocycles. The Bertz CT molecular complexity index is 6100. The number of para-hydroxylation sites is 3. The summed E-state index contributed by atoms with van der Waals surface area (Å²) in [4.78, 5) is 136. The van der Waals surface area contributed by atoms with E-state index in [1.165, 1.54) is 60.3 Å². The number of hydrogen-bond donors (Lipinski definition) is 4. The van der Waals surface area contributed by atoms with Crippen LogP contribution in [0.5, 0.6) is 11.5 Å². The molecule has 5 N–H and O–H groups in total. The van der Waals surface area contributed by atoms with Crippen molar-refractivity contribution >= 4 is 235 Å². The average Bonchev–Trinajstić information content (AvgIpc) is 1.60. The van der Waals surface area contributed by atoms with Crippen molar-refractivity contribution in [2.24, 2.45) is 21.1 Å². The Hall–Kier alpha value is -9.03. The summed E-state index contributed by atoms with van der Waals surface area (Å²) in [6, 6.07) is 43.6. The number of amides is 6. The summed E-state index contributed by atoms with van der Waals surface area (Å²) in [5.74, 6) is -2.63. The maximum absolute atomic E-state index is 13.3. The molecule has 3 aromatic heterocycles. The molecular formula is C80H84Br6F4IN12O20PS2. The van der Waals surface area contributed by atoms with Crippen LogP contribution in [0.4, 0.5) is 34.6 Å². The van der Waals surface area contributed by atoms with Crippen LogP contribution >= 0.6 is 128 Å². The Morgan fingerprint density at radius 1 is 0.563 bits per heavy atom. The largest absolute Gasteiger partial charge is 0.523 e. The van der Waals surface area contributed by atoms with E-state index in [2.05, 4.69) is 140 Å². The number of halogens is 11. The highest BCUT2D eigenvalue weighted by atomic mass is 127. The lowest BCUT2D eigenvalue weighted by atomic mass is 10.0. The van der Waals surface area contributed by atoms with Crippen LogP contribution in [0, 0.1) is 26.0 Å². The Kier molecular flexibility index (Phi) is 42.2. The molecular weight excluding hydrogens is 2230 g/mol. The summed E-state index contributed by atoms with van der Waals surface area (Å²) in [5, 5.41) is 22.9. The zero-order chi connectivity index (χ0) is 93.4. The zero-order valence-corrected chi connectivity index (χ0v) is 83.0. The molecule has 8 aromatic carbocycles. The quantitative estimate of drug-likeness (QED) is 0.00671. The van der Waals surface area contributed by atoms with Crippen LogP contribution in [0.2, 0.25) is 0 Å². The van der Waals surface area contributed by atoms with Gasteiger partial charge in [-0.25, -0.2) is 22.8 Å². The number of ether oxygens (including phenoxy) is 2. The summed E-state index contributed by atoms with van der Waals surface area (Å²) >= 11 is 20.3. The number of carbonyl (C=O) groups is 6. The van der Waals surface area contributed by atoms with Crippen molar-refractivity contribution in [3.63, 3.8) is 0 Å². The number of rotatable bonds is 14. The van der Waals surface area contributed by atoms with Gasteiger partial charge in [-0.05, 0) is 202 Å². The number of aromatic nitrogens is 6. The number of hydrogen-bond acceptors (Lipinski definition) is 20. The number of anilines is 1. The second-order valence-electron chi connectivity index (χ2n) is 26.4. The van der Waals surface area contributed by atoms with Crippen LogP contribution in [0.3, 0.4) is 0 Å². The molecule has 0 radical (unpaired) electrons. The van der Waals surface area contributed by atoms with Crippen LogP contribution in [0.25, 0.3) is 33.1 Å². The number of nitrogens with zero attached hydrogens (tertiary/aromatic N) is 9. The van der Waals surface area contributed by atoms with Crippen molar-refractivity contribution in [3.8, 4) is 11.5 Å². The number of imide groups is 3. The fraction of sp³-hybridized carbons (Fsp3) is 0.287. The lowest BCUT2D eigenvalue weighted by Gasteiger charge is -2.31. The van der Waals surface area contributed by atoms with Gasteiger partial charge in [-0.3, -0.25) is 86.9 Å². The van der Waals surface area contributed by atoms with E-state index in [-0.39, 0.29) is 92.1 Å². The van der Waals surface area contributed by atoms with Crippen molar-refractivity contribution in [2.75, 3.05) is 31.1 Å². The molecule has 126 heavy (non-hydrogen) atoms. The van der Waals surface area contributed by atoms with Gasteiger partial charge in [-0.1, -0.05) is 129 Å². The third-order valence-corrected chi connectivity index (χ3v) is 23.6. The van der Waals surface area contributed by atoms with Gasteiger partial charge in [0.2, 0.25) is 29.4 Å². The van der Waals surface area contributed by atoms with Crippen molar-refractivity contribution in [2.45, 2.75) is 102 Å². The van der Waals surface area contributed by atoms with E-state index in [0.717, 1.165) is 73.7 Å². The molecule has 3 saturated heterocycles. The zero-order valence-electron chi connectivity index (χ0n) is 68.3. The highest BCUT2D eigenvalue weighted by Gasteiger charge is 2.51. The van der Waals surface area contributed by atoms with Crippen molar-refractivity contribution in [1.29, 1.82) is 0 Å². The van der Waals surface area contributed by atoms with Gasteiger partial charge in [-0.2, -0.15) is 35.9 Å². The number of nitro groups is 2. The van der Waals surface area contributed by atoms with Crippen molar-refractivity contribution in [1.82, 2.24) is 42.9 Å². The molecule has 0 aliphatic carbocycles. The SMILES string of the molecule is CCc1c(Br)cccc1[N+](=O)[O-].CCc1c(N)cccc1Br.CI.COc1ccc(CN2C(=O)CCC(OS(=O)(=O)C(F)(F)F)C2=O)cc1.COc1ccc(CN2C(=O)CCC(n3c(=O)n(C)c4c(Br)cccc43)C2=O)cc1.CS(=O)O.Cn1c(=O)[nH]c2cccc(Br)c21.Cn1c(=O)n(C2CCC(=O)NC2=O)c2cccc(Br)c21.O=[N+]([O-])c1cccc(Br)c1F.P. The van der Waals surface area contributed by atoms with Crippen LogP contribution in [0.1, 0.15) is 86.7 Å². The Labute approximate surface area is 787 Å². The number of nitrogens with two attached hydrogens (primary N) is 1. The van der Waals surface area contributed by atoms with Crippen LogP contribution in [-0.4, -0.2) is 137 Å². The summed E-state index contributed by atoms with van der Waals surface area (Å²) in [5.41, 5.74) is 7.84. The number of H-pyrrole nitrogens is 1. The number of alkyl halides is 4. The number of carbonyl (C=O) groups excluding carboxylic acids is 6. The molecule has 32 nitrogen and oxygen atoms in total. The van der Waals surface area contributed by atoms with Gasteiger partial charge in [0.1, 0.15) is 34.7 Å². The van der Waals surface area contributed by atoms with E-state index in [4.69, 9.17) is 24.0 Å². The lowest BCUT2D eigenvalue weighted by Crippen LogP contribution is -2.49. The highest BCUT2D eigenvalue weighted by molar-refractivity contribution is 14.1. The molecule has 0 spiro atoms. The number of piperidine rings is 3. The fourth-order valence-corrected chi connectivity index (χ4v) is 16.7. The number of imidazole rings is 3. The van der Waals surface area contributed by atoms with E-state index in [9.17, 15) is 89.4 Å². The highest BCUT2D eigenvalue weighted by Crippen LogP contribution is 2.35. The number of nitrogens with one attached hydrogen (secondary N) is 2. The van der Waals surface area contributed by atoms with Crippen molar-refractivity contribution < 1.29 is 87.0 Å². The van der Waals surface area contributed by atoms with E-state index >= 15 is 0 Å². The standard InChI is InChI=1S/C21H20BrN3O4.C14H14F3NO6S.C13H12BrN3O3.C8H7BrN2O.C8H8BrNO2.C8H10BrN.C6H3BrFNO2.CH3I.CH4O2S.H3P/c1-23-19-15(22)4-3-5-16(19)25(21(23)28)17-10-11-18(26)24(20(17)27)12-13-6-8-14(29-2)9-7-13;1-23-10-4-2-9(3-5-10)8-18-12(19)7-6-11(13(18)20)24-25(21,22)14(15,16)17;1-16-11-7(14)3-2-4-8(11)17(13(16)20)9-5-6-10(18)15-12(9)19;1-11-7-5(9)3-2-4-6(7)10-8(11)12;1-2-6-7(9)4-3-5-8(6)10(11)12;1-2-6-7(9)4-3-5-8(6)10;7-4-2-1-3-5(6(4)8)9(10)11;1-2;1-4(2)3;/h3-9,17H,10-12H2,1-2H3;2-5,11H,6-8H2,1H3;2-4,9H,5-6H2,1H3,(H,15,18,19);2-4H,1H3,(H,10,12);3-5H,2H2,1H3;3-5H,2,10H2,1H3;1-3H;1H3;1H3,(H,2,3);1H3. The van der Waals surface area contributed by atoms with E-state index in [1.807, 2.05) is 96.8 Å². The minimum absolute atomic E-state index is 0. The molecule has 6 amide bonds. The smallest absolute Gasteiger partial charge is 0.497 e. The average molecular weight is 2310 g/mol. The third-order valence-electron chi connectivity index (χ3n) is 18.6. The Morgan fingerprint density at radius 3 is 1.37 bits per heavy atom. The number of nitro benzene ring substituents is 2. The van der Waals surface area contributed by atoms with Crippen LogP contribution in [-0.2, 0) is 101 Å². The summed E-state index contributed by atoms with van der Waals surface area (Å²) in [6.07, 6.45) is 1.31. The normalized spacial score (nSPS) is 15.0. The molecule has 0 saturated carbocycles. The number of benzene rings is 8. The lowest BCUT2D eigenvalue weighted by molar-refractivity contribution is -0.387. The second-order valence-corrected chi connectivity index (χ2v) is 33.9. The van der Waals surface area contributed by atoms with Gasteiger partial charge in [0.05, 0.1) is 74.7 Å². The predicted molar refractivity (Wildman–Crippen MR) is 503 cm³/mol.